The average Bonchev–Trinajstić information content (AvgIpc) is 2.97. The van der Waals surface area contributed by atoms with Crippen LogP contribution in [0.3, 0.4) is 0 Å². The number of likely N-dealkylation sites (tertiary alicyclic amines) is 1. The highest BCUT2D eigenvalue weighted by Gasteiger charge is 2.64. The van der Waals surface area contributed by atoms with Gasteiger partial charge in [-0.25, -0.2) is 0 Å². The summed E-state index contributed by atoms with van der Waals surface area (Å²) in [5.74, 6) is 2.14. The number of rotatable bonds is 4. The Morgan fingerprint density at radius 1 is 1.46 bits per heavy atom. The number of hydrogen-bond acceptors (Lipinski definition) is 5. The van der Waals surface area contributed by atoms with Crippen LogP contribution in [0.15, 0.2) is 24.3 Å². The van der Waals surface area contributed by atoms with Gasteiger partial charge in [-0.2, -0.15) is 0 Å². The Bertz CT molecular complexity index is 808. The maximum absolute atomic E-state index is 10.7. The van der Waals surface area contributed by atoms with E-state index in [1.54, 1.807) is 7.11 Å². The van der Waals surface area contributed by atoms with Crippen molar-refractivity contribution in [2.75, 3.05) is 20.2 Å². The van der Waals surface area contributed by atoms with E-state index in [9.17, 15) is 5.11 Å². The molecule has 138 valence electrons. The van der Waals surface area contributed by atoms with Crippen LogP contribution in [0.5, 0.6) is 11.5 Å². The Morgan fingerprint density at radius 3 is 3.08 bits per heavy atom. The summed E-state index contributed by atoms with van der Waals surface area (Å²) < 4.78 is 11.9. The number of hydrogen-bond donors (Lipinski definition) is 3. The molecule has 0 saturated carbocycles. The molecule has 1 spiro atoms. The van der Waals surface area contributed by atoms with Crippen molar-refractivity contribution in [3.8, 4) is 11.5 Å². The molecule has 2 bridgehead atoms. The summed E-state index contributed by atoms with van der Waals surface area (Å²) in [5, 5.41) is 18.3. The van der Waals surface area contributed by atoms with Crippen LogP contribution in [0.2, 0.25) is 0 Å². The number of methoxy groups -OCH3 is 1. The summed E-state index contributed by atoms with van der Waals surface area (Å²) in [6.45, 7) is 1.75. The number of amidine groups is 1. The molecule has 4 N–H and O–H groups in total. The Labute approximate surface area is 153 Å². The van der Waals surface area contributed by atoms with Crippen molar-refractivity contribution < 1.29 is 14.6 Å². The maximum Gasteiger partial charge on any atom is 0.165 e. The van der Waals surface area contributed by atoms with Gasteiger partial charge in [-0.05, 0) is 31.0 Å². The van der Waals surface area contributed by atoms with E-state index in [4.69, 9.17) is 20.6 Å². The molecule has 26 heavy (non-hydrogen) atoms. The van der Waals surface area contributed by atoms with E-state index < -0.39 is 6.10 Å². The van der Waals surface area contributed by atoms with E-state index >= 15 is 0 Å². The minimum Gasteiger partial charge on any atom is -0.493 e. The van der Waals surface area contributed by atoms with Crippen molar-refractivity contribution in [2.45, 2.75) is 42.9 Å². The van der Waals surface area contributed by atoms with Gasteiger partial charge in [0.15, 0.2) is 11.5 Å². The lowest BCUT2D eigenvalue weighted by Crippen LogP contribution is -2.65. The van der Waals surface area contributed by atoms with Crippen molar-refractivity contribution in [3.05, 3.63) is 35.4 Å². The first-order valence-corrected chi connectivity index (χ1v) is 9.36. The van der Waals surface area contributed by atoms with Crippen molar-refractivity contribution in [3.63, 3.8) is 0 Å². The number of aliphatic hydroxyl groups excluding tert-OH is 1. The van der Waals surface area contributed by atoms with Crippen LogP contribution in [-0.2, 0) is 11.8 Å². The molecule has 1 saturated heterocycles. The molecule has 6 nitrogen and oxygen atoms in total. The molecule has 5 rings (SSSR count). The van der Waals surface area contributed by atoms with Crippen LogP contribution in [0.4, 0.5) is 0 Å². The lowest BCUT2D eigenvalue weighted by Gasteiger charge is -2.57. The molecule has 2 aliphatic carbocycles. The molecule has 1 aromatic carbocycles. The second-order valence-corrected chi connectivity index (χ2v) is 7.94. The van der Waals surface area contributed by atoms with Gasteiger partial charge in [0.25, 0.3) is 0 Å². The van der Waals surface area contributed by atoms with Gasteiger partial charge >= 0.3 is 0 Å². The number of ether oxygens (including phenoxy) is 2. The van der Waals surface area contributed by atoms with Gasteiger partial charge in [0, 0.05) is 35.9 Å². The van der Waals surface area contributed by atoms with Gasteiger partial charge in [0.1, 0.15) is 12.2 Å². The summed E-state index contributed by atoms with van der Waals surface area (Å²) in [6.07, 6.45) is 5.74. The zero-order valence-electron chi connectivity index (χ0n) is 14.9. The molecule has 0 aromatic heterocycles. The number of benzene rings is 1. The highest BCUT2D eigenvalue weighted by molar-refractivity contribution is 5.77. The van der Waals surface area contributed by atoms with Gasteiger partial charge in [-0.3, -0.25) is 10.3 Å². The quantitative estimate of drug-likeness (QED) is 0.429. The van der Waals surface area contributed by atoms with Crippen molar-refractivity contribution in [1.29, 1.82) is 5.41 Å². The summed E-state index contributed by atoms with van der Waals surface area (Å²) >= 11 is 0. The monoisotopic (exact) mass is 355 g/mol. The lowest BCUT2D eigenvalue weighted by atomic mass is 9.53. The van der Waals surface area contributed by atoms with Crippen LogP contribution in [0, 0.1) is 11.3 Å². The molecular formula is C20H25N3O3. The second kappa shape index (κ2) is 5.47. The molecule has 0 radical (unpaired) electrons. The molecule has 2 heterocycles. The van der Waals surface area contributed by atoms with E-state index in [0.717, 1.165) is 37.4 Å². The lowest BCUT2D eigenvalue weighted by molar-refractivity contribution is -0.0509. The average molecular weight is 355 g/mol. The number of nitrogens with two attached hydrogens (primary N) is 1. The molecule has 4 aliphatic rings. The summed E-state index contributed by atoms with van der Waals surface area (Å²) in [5.41, 5.74) is 7.99. The topological polar surface area (TPSA) is 91.8 Å². The van der Waals surface area contributed by atoms with Gasteiger partial charge < -0.3 is 20.3 Å². The first-order valence-electron chi connectivity index (χ1n) is 9.36. The van der Waals surface area contributed by atoms with Crippen LogP contribution >= 0.6 is 0 Å². The fourth-order valence-electron chi connectivity index (χ4n) is 5.82. The first-order chi connectivity index (χ1) is 12.6. The Hall–Kier alpha value is -2.05. The van der Waals surface area contributed by atoms with E-state index in [-0.39, 0.29) is 17.4 Å². The predicted molar refractivity (Wildman–Crippen MR) is 97.9 cm³/mol. The Morgan fingerprint density at radius 2 is 2.31 bits per heavy atom. The van der Waals surface area contributed by atoms with E-state index in [1.807, 2.05) is 12.1 Å². The maximum atomic E-state index is 10.7. The van der Waals surface area contributed by atoms with Crippen LogP contribution in [-0.4, -0.2) is 54.3 Å². The zero-order valence-corrected chi connectivity index (χ0v) is 14.9. The molecule has 0 amide bonds. The van der Waals surface area contributed by atoms with Crippen LogP contribution in [0.1, 0.15) is 24.0 Å². The molecule has 1 fully saturated rings. The Balaban J connectivity index is 1.64. The summed E-state index contributed by atoms with van der Waals surface area (Å²) in [6, 6.07) is 4.50. The van der Waals surface area contributed by atoms with Gasteiger partial charge in [0.2, 0.25) is 0 Å². The van der Waals surface area contributed by atoms with Crippen molar-refractivity contribution >= 4 is 5.84 Å². The zero-order chi connectivity index (χ0) is 18.1. The minimum atomic E-state index is -0.598. The molecule has 1 unspecified atom stereocenters. The number of piperidine rings is 1. The number of nitrogens with one attached hydrogen (secondary N) is 1. The van der Waals surface area contributed by atoms with E-state index in [2.05, 4.69) is 17.0 Å². The highest BCUT2D eigenvalue weighted by atomic mass is 16.5. The highest BCUT2D eigenvalue weighted by Crippen LogP contribution is 2.62. The largest absolute Gasteiger partial charge is 0.493 e. The smallest absolute Gasteiger partial charge is 0.165 e. The summed E-state index contributed by atoms with van der Waals surface area (Å²) in [7, 11) is 1.67. The fraction of sp³-hybridized carbons (Fsp3) is 0.550. The van der Waals surface area contributed by atoms with Crippen LogP contribution in [0.25, 0.3) is 0 Å². The predicted octanol–water partition coefficient (Wildman–Crippen LogP) is 1.20. The third-order valence-corrected chi connectivity index (χ3v) is 6.86. The van der Waals surface area contributed by atoms with Crippen molar-refractivity contribution in [1.82, 2.24) is 4.90 Å². The van der Waals surface area contributed by atoms with Crippen molar-refractivity contribution in [2.24, 2.45) is 11.7 Å². The van der Waals surface area contributed by atoms with Gasteiger partial charge in [-0.15, -0.1) is 0 Å². The standard InChI is InChI=1S/C20H25N3O3/c1-25-15-5-2-11-10-13-12-3-4-14(24)19-20(12,17(11)18(15)26-19)7-9-23(13)8-6-16(21)22/h2-5,12-14,19,24H,6-10H2,1H3,(H3,21,22)/t12?,13-,14+,19+,20+/m1/s1. The third kappa shape index (κ3) is 1.91. The van der Waals surface area contributed by atoms with E-state index in [0.29, 0.717) is 18.4 Å². The van der Waals surface area contributed by atoms with Gasteiger partial charge in [-0.1, -0.05) is 18.2 Å². The van der Waals surface area contributed by atoms with E-state index in [1.165, 1.54) is 11.1 Å². The molecule has 5 atom stereocenters. The Kier molecular flexibility index (Phi) is 3.40. The summed E-state index contributed by atoms with van der Waals surface area (Å²) in [4.78, 5) is 2.47. The normalized spacial score (nSPS) is 36.4. The number of aliphatic hydroxyl groups is 1. The molecule has 6 heteroatoms. The minimum absolute atomic E-state index is 0.178. The SMILES string of the molecule is COc1ccc2c3c1O[C@H]1[C@@H](O)C=CC4[C@@H](C2)N(CCC(=N)N)CC[C@@]341. The molecule has 2 aliphatic heterocycles. The number of nitrogens with zero attached hydrogens (tertiary/aromatic N) is 1. The third-order valence-electron chi connectivity index (χ3n) is 6.86. The first kappa shape index (κ1) is 16.1. The molecule has 1 aromatic rings. The fourth-order valence-corrected chi connectivity index (χ4v) is 5.82. The van der Waals surface area contributed by atoms with Gasteiger partial charge in [0.05, 0.1) is 12.9 Å². The molecular weight excluding hydrogens is 330 g/mol. The van der Waals surface area contributed by atoms with Crippen LogP contribution < -0.4 is 15.2 Å². The second-order valence-electron chi connectivity index (χ2n) is 7.94.